The van der Waals surface area contributed by atoms with Crippen LogP contribution < -0.4 is 0 Å². The molecule has 0 aliphatic heterocycles. The maximum Gasteiger partial charge on any atom is 0.283 e. The summed E-state index contributed by atoms with van der Waals surface area (Å²) in [7, 11) is -5.00. The molecule has 29 heavy (non-hydrogen) atoms. The van der Waals surface area contributed by atoms with E-state index in [2.05, 4.69) is 0 Å². The Hall–Kier alpha value is -1.67. The van der Waals surface area contributed by atoms with E-state index in [0.29, 0.717) is 5.02 Å². The second-order valence-electron chi connectivity index (χ2n) is 6.09. The standard InChI is InChI=1S/C19H12Cl4O5S/c20-12-4-1-10(2-5-12)19(29(26,27)28,11-3-7-14(21)15(22)9-11)13-6-8-16(24)18(25)17(13)23/h1-9,24-25H,(H,26,27,28). The van der Waals surface area contributed by atoms with Crippen molar-refractivity contribution < 1.29 is 23.2 Å². The summed E-state index contributed by atoms with van der Waals surface area (Å²) >= 11 is 24.3. The summed E-state index contributed by atoms with van der Waals surface area (Å²) in [6, 6.07) is 11.9. The van der Waals surface area contributed by atoms with Crippen molar-refractivity contribution >= 4 is 56.5 Å². The van der Waals surface area contributed by atoms with E-state index in [0.717, 1.165) is 6.07 Å². The van der Waals surface area contributed by atoms with Gasteiger partial charge in [0.2, 0.25) is 0 Å². The molecule has 3 N–H and O–H groups in total. The Morgan fingerprint density at radius 1 is 0.759 bits per heavy atom. The van der Waals surface area contributed by atoms with E-state index in [4.69, 9.17) is 46.4 Å². The lowest BCUT2D eigenvalue weighted by molar-refractivity contribution is 0.402. The van der Waals surface area contributed by atoms with Gasteiger partial charge in [-0.05, 0) is 41.5 Å². The molecule has 0 saturated carbocycles. The van der Waals surface area contributed by atoms with Crippen LogP contribution in [0.1, 0.15) is 16.7 Å². The van der Waals surface area contributed by atoms with Gasteiger partial charge in [-0.2, -0.15) is 8.42 Å². The summed E-state index contributed by atoms with van der Waals surface area (Å²) in [6.07, 6.45) is 0. The molecular weight excluding hydrogens is 482 g/mol. The minimum Gasteiger partial charge on any atom is -0.504 e. The molecule has 0 fully saturated rings. The lowest BCUT2D eigenvalue weighted by atomic mass is 9.83. The van der Waals surface area contributed by atoms with Crippen LogP contribution >= 0.6 is 46.4 Å². The normalized spacial score (nSPS) is 13.8. The summed E-state index contributed by atoms with van der Waals surface area (Å²) in [5.41, 5.74) is -0.142. The Bertz CT molecular complexity index is 1200. The van der Waals surface area contributed by atoms with Gasteiger partial charge in [0.25, 0.3) is 10.1 Å². The van der Waals surface area contributed by atoms with Gasteiger partial charge in [0, 0.05) is 10.6 Å². The molecule has 3 aromatic rings. The van der Waals surface area contributed by atoms with Crippen molar-refractivity contribution in [3.8, 4) is 11.5 Å². The summed E-state index contributed by atoms with van der Waals surface area (Å²) in [4.78, 5) is 0. The SMILES string of the molecule is O=S(=O)(O)C(c1ccc(Cl)cc1)(c1ccc(Cl)c(Cl)c1)c1ccc(O)c(O)c1Cl. The lowest BCUT2D eigenvalue weighted by Crippen LogP contribution is -2.38. The molecule has 10 heteroatoms. The fourth-order valence-electron chi connectivity index (χ4n) is 3.14. The zero-order chi connectivity index (χ0) is 21.6. The van der Waals surface area contributed by atoms with Crippen molar-refractivity contribution in [2.75, 3.05) is 0 Å². The van der Waals surface area contributed by atoms with Gasteiger partial charge in [-0.25, -0.2) is 0 Å². The van der Waals surface area contributed by atoms with E-state index >= 15 is 0 Å². The largest absolute Gasteiger partial charge is 0.504 e. The average molecular weight is 494 g/mol. The van der Waals surface area contributed by atoms with Crippen LogP contribution in [0.25, 0.3) is 0 Å². The highest BCUT2D eigenvalue weighted by molar-refractivity contribution is 7.87. The fourth-order valence-corrected chi connectivity index (χ4v) is 5.23. The fraction of sp³-hybridized carbons (Fsp3) is 0.0526. The maximum atomic E-state index is 12.9. The van der Waals surface area contributed by atoms with Gasteiger partial charge in [0.15, 0.2) is 16.2 Å². The van der Waals surface area contributed by atoms with Crippen molar-refractivity contribution in [2.45, 2.75) is 4.75 Å². The average Bonchev–Trinajstić information content (AvgIpc) is 2.65. The number of aromatic hydroxyl groups is 2. The summed E-state index contributed by atoms with van der Waals surface area (Å²) in [5, 5.41) is 19.9. The third-order valence-corrected chi connectivity index (χ3v) is 7.28. The molecule has 0 radical (unpaired) electrons. The van der Waals surface area contributed by atoms with Gasteiger partial charge >= 0.3 is 0 Å². The monoisotopic (exact) mass is 492 g/mol. The Kier molecular flexibility index (Phi) is 5.98. The highest BCUT2D eigenvalue weighted by atomic mass is 35.5. The van der Waals surface area contributed by atoms with Crippen LogP contribution in [0.2, 0.25) is 20.1 Å². The number of hydrogen-bond acceptors (Lipinski definition) is 4. The van der Waals surface area contributed by atoms with Crippen LogP contribution in [-0.2, 0) is 14.9 Å². The van der Waals surface area contributed by atoms with E-state index in [9.17, 15) is 23.2 Å². The second-order valence-corrected chi connectivity index (χ2v) is 9.28. The van der Waals surface area contributed by atoms with E-state index in [-0.39, 0.29) is 26.7 Å². The number of phenols is 2. The first kappa shape index (κ1) is 22.0. The number of hydrogen-bond donors (Lipinski definition) is 3. The lowest BCUT2D eigenvalue weighted by Gasteiger charge is -2.33. The van der Waals surface area contributed by atoms with Crippen LogP contribution in [-0.4, -0.2) is 23.2 Å². The molecule has 0 amide bonds. The highest BCUT2D eigenvalue weighted by Crippen LogP contribution is 2.50. The van der Waals surface area contributed by atoms with Gasteiger partial charge in [0.05, 0.1) is 15.1 Å². The molecule has 1 atom stereocenters. The third-order valence-electron chi connectivity index (χ3n) is 4.44. The molecule has 0 bridgehead atoms. The van der Waals surface area contributed by atoms with E-state index < -0.39 is 31.4 Å². The molecule has 3 aromatic carbocycles. The Morgan fingerprint density at radius 3 is 1.90 bits per heavy atom. The molecule has 3 rings (SSSR count). The first-order valence-corrected chi connectivity index (χ1v) is 10.8. The predicted molar refractivity (Wildman–Crippen MR) is 114 cm³/mol. The van der Waals surface area contributed by atoms with E-state index in [1.165, 1.54) is 48.5 Å². The third kappa shape index (κ3) is 3.65. The van der Waals surface area contributed by atoms with Crippen LogP contribution in [0.5, 0.6) is 11.5 Å². The minimum atomic E-state index is -5.00. The zero-order valence-electron chi connectivity index (χ0n) is 14.3. The minimum absolute atomic E-state index is 0.00344. The summed E-state index contributed by atoms with van der Waals surface area (Å²) < 4.78 is 34.0. The molecular formula is C19H12Cl4O5S. The van der Waals surface area contributed by atoms with Gasteiger partial charge in [-0.1, -0.05) is 70.7 Å². The number of benzene rings is 3. The number of phenolic OH excluding ortho intramolecular Hbond substituents is 2. The van der Waals surface area contributed by atoms with Crippen molar-refractivity contribution in [1.82, 2.24) is 0 Å². The van der Waals surface area contributed by atoms with Gasteiger partial charge < -0.3 is 10.2 Å². The van der Waals surface area contributed by atoms with E-state index in [1.54, 1.807) is 0 Å². The summed E-state index contributed by atoms with van der Waals surface area (Å²) in [6.45, 7) is 0. The van der Waals surface area contributed by atoms with Crippen LogP contribution in [0, 0.1) is 0 Å². The van der Waals surface area contributed by atoms with Crippen molar-refractivity contribution in [3.63, 3.8) is 0 Å². The van der Waals surface area contributed by atoms with Crippen LogP contribution in [0.15, 0.2) is 54.6 Å². The molecule has 0 heterocycles. The predicted octanol–water partition coefficient (Wildman–Crippen LogP) is 5.89. The first-order chi connectivity index (χ1) is 13.5. The topological polar surface area (TPSA) is 94.8 Å². The molecule has 0 saturated heterocycles. The van der Waals surface area contributed by atoms with Crippen molar-refractivity contribution in [2.24, 2.45) is 0 Å². The van der Waals surface area contributed by atoms with Gasteiger partial charge in [0.1, 0.15) is 0 Å². The van der Waals surface area contributed by atoms with Gasteiger partial charge in [-0.15, -0.1) is 0 Å². The van der Waals surface area contributed by atoms with Crippen LogP contribution in [0.3, 0.4) is 0 Å². The number of halogens is 4. The molecule has 0 aromatic heterocycles. The zero-order valence-corrected chi connectivity index (χ0v) is 18.1. The van der Waals surface area contributed by atoms with Gasteiger partial charge in [-0.3, -0.25) is 4.55 Å². The Morgan fingerprint density at radius 2 is 1.34 bits per heavy atom. The molecule has 0 aliphatic rings. The highest BCUT2D eigenvalue weighted by Gasteiger charge is 2.50. The smallest absolute Gasteiger partial charge is 0.283 e. The number of rotatable bonds is 4. The summed E-state index contributed by atoms with van der Waals surface area (Å²) in [5.74, 6) is -1.31. The second kappa shape index (κ2) is 7.87. The molecule has 5 nitrogen and oxygen atoms in total. The first-order valence-electron chi connectivity index (χ1n) is 7.89. The molecule has 152 valence electrons. The van der Waals surface area contributed by atoms with Crippen molar-refractivity contribution in [3.05, 3.63) is 91.4 Å². The van der Waals surface area contributed by atoms with Crippen LogP contribution in [0.4, 0.5) is 0 Å². The van der Waals surface area contributed by atoms with E-state index in [1.807, 2.05) is 0 Å². The van der Waals surface area contributed by atoms with Crippen molar-refractivity contribution in [1.29, 1.82) is 0 Å². The Balaban J connectivity index is 2.56. The molecule has 0 aliphatic carbocycles. The molecule has 0 spiro atoms. The molecule has 1 unspecified atom stereocenters. The Labute approximate surface area is 186 Å². The quantitative estimate of drug-likeness (QED) is 0.239. The maximum absolute atomic E-state index is 12.9.